The number of halogens is 1. The molecule has 42 heavy (non-hydrogen) atoms. The van der Waals surface area contributed by atoms with Crippen LogP contribution in [0.2, 0.25) is 5.02 Å². The van der Waals surface area contributed by atoms with Gasteiger partial charge in [-0.2, -0.15) is 0 Å². The molecule has 3 rings (SSSR count). The predicted molar refractivity (Wildman–Crippen MR) is 167 cm³/mol. The first kappa shape index (κ1) is 32.9. The molecule has 10 heteroatoms. The summed E-state index contributed by atoms with van der Waals surface area (Å²) in [6, 6.07) is 17.7. The Kier molecular flexibility index (Phi) is 10.7. The Morgan fingerprint density at radius 3 is 2.24 bits per heavy atom. The van der Waals surface area contributed by atoms with Crippen molar-refractivity contribution in [2.24, 2.45) is 0 Å². The van der Waals surface area contributed by atoms with Crippen molar-refractivity contribution >= 4 is 39.1 Å². The highest BCUT2D eigenvalue weighted by Crippen LogP contribution is 2.30. The Labute approximate surface area is 254 Å². The third-order valence-electron chi connectivity index (χ3n) is 6.69. The minimum absolute atomic E-state index is 0.0483. The molecule has 2 amide bonds. The summed E-state index contributed by atoms with van der Waals surface area (Å²) >= 11 is 6.19. The molecular weight excluding hydrogens is 574 g/mol. The summed E-state index contributed by atoms with van der Waals surface area (Å²) in [7, 11) is -2.63. The second-order valence-corrected chi connectivity index (χ2v) is 13.6. The molecule has 0 aromatic heterocycles. The number of carbonyl (C=O) groups is 2. The molecule has 0 heterocycles. The normalized spacial score (nSPS) is 12.4. The van der Waals surface area contributed by atoms with Gasteiger partial charge in [0.25, 0.3) is 10.0 Å². The first-order valence-corrected chi connectivity index (χ1v) is 15.6. The summed E-state index contributed by atoms with van der Waals surface area (Å²) in [6.07, 6.45) is 0.322. The molecule has 3 aromatic carbocycles. The number of rotatable bonds is 11. The van der Waals surface area contributed by atoms with E-state index < -0.39 is 34.1 Å². The molecule has 0 unspecified atom stereocenters. The molecule has 1 atom stereocenters. The predicted octanol–water partition coefficient (Wildman–Crippen LogP) is 5.88. The molecular formula is C32H40ClN3O5S. The lowest BCUT2D eigenvalue weighted by molar-refractivity contribution is -0.141. The van der Waals surface area contributed by atoms with Crippen LogP contribution in [0.5, 0.6) is 5.75 Å². The Morgan fingerprint density at radius 2 is 1.67 bits per heavy atom. The van der Waals surface area contributed by atoms with Crippen molar-refractivity contribution in [3.05, 3.63) is 88.4 Å². The van der Waals surface area contributed by atoms with E-state index in [9.17, 15) is 18.0 Å². The Morgan fingerprint density at radius 1 is 1.00 bits per heavy atom. The maximum atomic E-state index is 14.2. The Balaban J connectivity index is 2.12. The molecule has 0 bridgehead atoms. The van der Waals surface area contributed by atoms with Gasteiger partial charge in [-0.15, -0.1) is 0 Å². The maximum absolute atomic E-state index is 14.2. The van der Waals surface area contributed by atoms with Crippen LogP contribution >= 0.6 is 11.6 Å². The quantitative estimate of drug-likeness (QED) is 0.291. The Hall–Kier alpha value is -3.56. The fraction of sp³-hybridized carbons (Fsp3) is 0.375. The van der Waals surface area contributed by atoms with E-state index in [0.29, 0.717) is 28.4 Å². The van der Waals surface area contributed by atoms with Crippen LogP contribution in [-0.4, -0.2) is 50.4 Å². The fourth-order valence-electron chi connectivity index (χ4n) is 4.59. The maximum Gasteiger partial charge on any atom is 0.264 e. The van der Waals surface area contributed by atoms with Crippen molar-refractivity contribution in [3.8, 4) is 5.75 Å². The molecule has 0 aliphatic rings. The van der Waals surface area contributed by atoms with E-state index in [1.807, 2.05) is 40.7 Å². The number of aryl methyl sites for hydroxylation is 2. The van der Waals surface area contributed by atoms with E-state index in [1.165, 1.54) is 17.0 Å². The van der Waals surface area contributed by atoms with Gasteiger partial charge in [-0.05, 0) is 94.6 Å². The third-order valence-corrected chi connectivity index (χ3v) is 8.70. The van der Waals surface area contributed by atoms with Crippen LogP contribution in [0.3, 0.4) is 0 Å². The van der Waals surface area contributed by atoms with Crippen LogP contribution in [0.15, 0.2) is 71.6 Å². The minimum Gasteiger partial charge on any atom is -0.497 e. The number of amides is 2. The SMILES string of the molecule is CC[C@@H](C(=O)NC(C)(C)C)N(Cc1cccc(OC)c1)C(=O)CN(c1ccc(Cl)cc1C)S(=O)(=O)c1ccc(C)cc1. The van der Waals surface area contributed by atoms with Crippen LogP contribution < -0.4 is 14.4 Å². The molecule has 1 N–H and O–H groups in total. The van der Waals surface area contributed by atoms with E-state index in [0.717, 1.165) is 15.4 Å². The van der Waals surface area contributed by atoms with Gasteiger partial charge >= 0.3 is 0 Å². The number of hydrogen-bond donors (Lipinski definition) is 1. The number of methoxy groups -OCH3 is 1. The fourth-order valence-corrected chi connectivity index (χ4v) is 6.29. The van der Waals surface area contributed by atoms with Crippen molar-refractivity contribution < 1.29 is 22.7 Å². The average Bonchev–Trinajstić information content (AvgIpc) is 2.91. The van der Waals surface area contributed by atoms with Gasteiger partial charge < -0.3 is 15.0 Å². The highest BCUT2D eigenvalue weighted by Gasteiger charge is 2.35. The summed E-state index contributed by atoms with van der Waals surface area (Å²) in [5, 5.41) is 3.42. The summed E-state index contributed by atoms with van der Waals surface area (Å²) in [6.45, 7) is 10.6. The van der Waals surface area contributed by atoms with Gasteiger partial charge in [0.2, 0.25) is 11.8 Å². The second kappa shape index (κ2) is 13.6. The van der Waals surface area contributed by atoms with Crippen molar-refractivity contribution in [1.82, 2.24) is 10.2 Å². The molecule has 226 valence electrons. The Bertz CT molecular complexity index is 1520. The van der Waals surface area contributed by atoms with E-state index in [-0.39, 0.29) is 17.3 Å². The second-order valence-electron chi connectivity index (χ2n) is 11.3. The number of sulfonamides is 1. The zero-order valence-electron chi connectivity index (χ0n) is 25.3. The number of nitrogens with zero attached hydrogens (tertiary/aromatic N) is 2. The highest BCUT2D eigenvalue weighted by molar-refractivity contribution is 7.92. The lowest BCUT2D eigenvalue weighted by Gasteiger charge is -2.35. The number of anilines is 1. The van der Waals surface area contributed by atoms with Crippen LogP contribution in [0.1, 0.15) is 50.8 Å². The highest BCUT2D eigenvalue weighted by atomic mass is 35.5. The van der Waals surface area contributed by atoms with Crippen LogP contribution in [-0.2, 0) is 26.2 Å². The number of nitrogens with one attached hydrogen (secondary N) is 1. The summed E-state index contributed by atoms with van der Waals surface area (Å²) in [5.74, 6) is -0.247. The molecule has 0 aliphatic heterocycles. The molecule has 0 saturated heterocycles. The zero-order chi connectivity index (χ0) is 31.2. The summed E-state index contributed by atoms with van der Waals surface area (Å²) in [5.41, 5.74) is 2.01. The molecule has 3 aromatic rings. The van der Waals surface area contributed by atoms with E-state index in [2.05, 4.69) is 5.32 Å². The largest absolute Gasteiger partial charge is 0.497 e. The number of benzene rings is 3. The van der Waals surface area contributed by atoms with Gasteiger partial charge in [0.05, 0.1) is 17.7 Å². The molecule has 0 spiro atoms. The van der Waals surface area contributed by atoms with Crippen LogP contribution in [0, 0.1) is 13.8 Å². The van der Waals surface area contributed by atoms with Gasteiger partial charge in [-0.3, -0.25) is 13.9 Å². The monoisotopic (exact) mass is 613 g/mol. The topological polar surface area (TPSA) is 96.0 Å². The molecule has 0 radical (unpaired) electrons. The van der Waals surface area contributed by atoms with Crippen molar-refractivity contribution in [3.63, 3.8) is 0 Å². The molecule has 0 aliphatic carbocycles. The standard InChI is InChI=1S/C32H40ClN3O5S/c1-8-28(31(38)34-32(4,5)6)35(20-24-10-9-11-26(19-24)41-7)30(37)21-36(29-17-14-25(33)18-23(29)3)42(39,40)27-15-12-22(2)13-16-27/h9-19,28H,8,20-21H2,1-7H3,(H,34,38)/t28-/m0/s1. The van der Waals surface area contributed by atoms with Gasteiger partial charge in [0.15, 0.2) is 0 Å². The van der Waals surface area contributed by atoms with Crippen molar-refractivity contribution in [2.75, 3.05) is 18.0 Å². The first-order chi connectivity index (χ1) is 19.7. The van der Waals surface area contributed by atoms with Gasteiger partial charge in [-0.25, -0.2) is 8.42 Å². The van der Waals surface area contributed by atoms with E-state index >= 15 is 0 Å². The minimum atomic E-state index is -4.18. The lowest BCUT2D eigenvalue weighted by atomic mass is 10.1. The number of hydrogen-bond acceptors (Lipinski definition) is 5. The van der Waals surface area contributed by atoms with E-state index in [1.54, 1.807) is 62.6 Å². The average molecular weight is 614 g/mol. The lowest BCUT2D eigenvalue weighted by Crippen LogP contribution is -2.55. The van der Waals surface area contributed by atoms with Gasteiger partial charge in [0.1, 0.15) is 18.3 Å². The zero-order valence-corrected chi connectivity index (χ0v) is 26.8. The molecule has 0 fully saturated rings. The van der Waals surface area contributed by atoms with Crippen LogP contribution in [0.25, 0.3) is 0 Å². The van der Waals surface area contributed by atoms with E-state index in [4.69, 9.17) is 16.3 Å². The molecule has 0 saturated carbocycles. The number of ether oxygens (including phenoxy) is 1. The molecule has 8 nitrogen and oxygen atoms in total. The summed E-state index contributed by atoms with van der Waals surface area (Å²) < 4.78 is 34.6. The van der Waals surface area contributed by atoms with Crippen molar-refractivity contribution in [2.45, 2.75) is 71.0 Å². The smallest absolute Gasteiger partial charge is 0.264 e. The van der Waals surface area contributed by atoms with Gasteiger partial charge in [0, 0.05) is 17.1 Å². The van der Waals surface area contributed by atoms with Gasteiger partial charge in [-0.1, -0.05) is 48.4 Å². The van der Waals surface area contributed by atoms with Crippen molar-refractivity contribution in [1.29, 1.82) is 0 Å². The number of carbonyl (C=O) groups excluding carboxylic acids is 2. The first-order valence-electron chi connectivity index (χ1n) is 13.8. The van der Waals surface area contributed by atoms with Crippen LogP contribution in [0.4, 0.5) is 5.69 Å². The third kappa shape index (κ3) is 8.26. The summed E-state index contributed by atoms with van der Waals surface area (Å²) in [4.78, 5) is 29.2.